The van der Waals surface area contributed by atoms with E-state index in [9.17, 15) is 4.79 Å². The third-order valence-electron chi connectivity index (χ3n) is 3.86. The van der Waals surface area contributed by atoms with Gasteiger partial charge in [-0.3, -0.25) is 4.79 Å². The topological polar surface area (TPSA) is 116 Å². The molecule has 0 saturated heterocycles. The van der Waals surface area contributed by atoms with Crippen LogP contribution in [0, 0.1) is 0 Å². The summed E-state index contributed by atoms with van der Waals surface area (Å²) < 4.78 is 10.4. The minimum absolute atomic E-state index is 0.0609. The summed E-state index contributed by atoms with van der Waals surface area (Å²) in [7, 11) is 0. The highest BCUT2D eigenvalue weighted by atomic mass is 35.5. The number of hydrogen-bond acceptors (Lipinski definition) is 7. The maximum atomic E-state index is 11.9. The van der Waals surface area contributed by atoms with E-state index in [0.29, 0.717) is 16.3 Å². The van der Waals surface area contributed by atoms with Crippen LogP contribution in [0.1, 0.15) is 62.0 Å². The number of nitrogens with zero attached hydrogens (tertiary/aromatic N) is 3. The predicted molar refractivity (Wildman–Crippen MR) is 104 cm³/mol. The molecule has 0 bridgehead atoms. The Hall–Kier alpha value is -2.61. The van der Waals surface area contributed by atoms with Gasteiger partial charge in [0.05, 0.1) is 12.3 Å². The lowest BCUT2D eigenvalue weighted by molar-refractivity contribution is 0.0946. The Morgan fingerprint density at radius 3 is 2.93 bits per heavy atom. The number of nitrogens with two attached hydrogens (primary N) is 1. The lowest BCUT2D eigenvalue weighted by Crippen LogP contribution is -2.19. The Balaban J connectivity index is 1.98. The Morgan fingerprint density at radius 2 is 2.22 bits per heavy atom. The first-order chi connectivity index (χ1) is 13.0. The number of amides is 1. The quantitative estimate of drug-likeness (QED) is 0.360. The van der Waals surface area contributed by atoms with Crippen molar-refractivity contribution in [3.63, 3.8) is 0 Å². The number of carbonyl (C=O) groups excluding carboxylic acids is 1. The molecule has 27 heavy (non-hydrogen) atoms. The second-order valence-electron chi connectivity index (χ2n) is 6.16. The summed E-state index contributed by atoms with van der Waals surface area (Å²) >= 11 is 6.06. The molecule has 0 radical (unpaired) electrons. The molecule has 1 atom stereocenters. The van der Waals surface area contributed by atoms with Gasteiger partial charge in [-0.05, 0) is 48.3 Å². The molecule has 0 saturated carbocycles. The largest absolute Gasteiger partial charge is 0.490 e. The van der Waals surface area contributed by atoms with E-state index in [0.717, 1.165) is 12.8 Å². The molecular weight excluding hydrogens is 370 g/mol. The summed E-state index contributed by atoms with van der Waals surface area (Å²) in [5.41, 5.74) is 8.29. The van der Waals surface area contributed by atoms with Crippen LogP contribution in [0.4, 0.5) is 5.82 Å². The lowest BCUT2D eigenvalue weighted by atomic mass is 10.1. The van der Waals surface area contributed by atoms with E-state index in [4.69, 9.17) is 22.1 Å². The standard InChI is InChI=1S/C18H24ClN5O3/c1-3-4-5-6-7-12(2)26-15-9-8-14(19)10-13(15)11-21-22-18(25)16-17(20)24-27-23-16/h8-12H,3-7H2,1-2H3,(H2,20,24)(H,22,25)/b21-11-/t12-/m1/s1. The van der Waals surface area contributed by atoms with Crippen LogP contribution in [-0.4, -0.2) is 28.5 Å². The van der Waals surface area contributed by atoms with Crippen LogP contribution in [0.3, 0.4) is 0 Å². The van der Waals surface area contributed by atoms with E-state index in [-0.39, 0.29) is 17.6 Å². The van der Waals surface area contributed by atoms with Crippen LogP contribution in [-0.2, 0) is 0 Å². The highest BCUT2D eigenvalue weighted by molar-refractivity contribution is 6.30. The Labute approximate surface area is 163 Å². The normalized spacial score (nSPS) is 12.3. The summed E-state index contributed by atoms with van der Waals surface area (Å²) in [6.07, 6.45) is 7.23. The average Bonchev–Trinajstić information content (AvgIpc) is 3.07. The monoisotopic (exact) mass is 393 g/mol. The number of aromatic nitrogens is 2. The van der Waals surface area contributed by atoms with Gasteiger partial charge in [0.15, 0.2) is 0 Å². The molecule has 0 spiro atoms. The summed E-state index contributed by atoms with van der Waals surface area (Å²) in [4.78, 5) is 11.9. The fourth-order valence-electron chi connectivity index (χ4n) is 2.43. The van der Waals surface area contributed by atoms with Gasteiger partial charge in [0.2, 0.25) is 11.5 Å². The SMILES string of the molecule is CCCCCC[C@@H](C)Oc1ccc(Cl)cc1/C=N\NC(=O)c1nonc1N. The predicted octanol–water partition coefficient (Wildman–Crippen LogP) is 3.81. The van der Waals surface area contributed by atoms with Crippen molar-refractivity contribution in [1.29, 1.82) is 0 Å². The number of carbonyl (C=O) groups is 1. The average molecular weight is 394 g/mol. The first-order valence-electron chi connectivity index (χ1n) is 8.89. The molecule has 1 amide bonds. The number of nitrogen functional groups attached to an aromatic ring is 1. The highest BCUT2D eigenvalue weighted by Gasteiger charge is 2.15. The van der Waals surface area contributed by atoms with Crippen LogP contribution >= 0.6 is 11.6 Å². The molecule has 9 heteroatoms. The van der Waals surface area contributed by atoms with Gasteiger partial charge in [0, 0.05) is 10.6 Å². The number of ether oxygens (including phenoxy) is 1. The molecule has 1 aromatic carbocycles. The third-order valence-corrected chi connectivity index (χ3v) is 4.10. The van der Waals surface area contributed by atoms with Gasteiger partial charge >= 0.3 is 0 Å². The summed E-state index contributed by atoms with van der Waals surface area (Å²) in [6, 6.07) is 5.24. The zero-order chi connectivity index (χ0) is 19.6. The molecule has 0 aliphatic heterocycles. The Morgan fingerprint density at radius 1 is 1.41 bits per heavy atom. The van der Waals surface area contributed by atoms with Crippen molar-refractivity contribution in [3.8, 4) is 5.75 Å². The molecule has 3 N–H and O–H groups in total. The smallest absolute Gasteiger partial charge is 0.297 e. The molecule has 2 rings (SSSR count). The molecule has 2 aromatic rings. The molecule has 8 nitrogen and oxygen atoms in total. The molecular formula is C18H24ClN5O3. The fourth-order valence-corrected chi connectivity index (χ4v) is 2.61. The van der Waals surface area contributed by atoms with Gasteiger partial charge in [-0.1, -0.05) is 37.8 Å². The second kappa shape index (κ2) is 10.5. The minimum atomic E-state index is -0.626. The van der Waals surface area contributed by atoms with Crippen molar-refractivity contribution in [2.24, 2.45) is 5.10 Å². The van der Waals surface area contributed by atoms with Crippen molar-refractivity contribution in [1.82, 2.24) is 15.7 Å². The zero-order valence-electron chi connectivity index (χ0n) is 15.4. The van der Waals surface area contributed by atoms with Crippen molar-refractivity contribution in [2.75, 3.05) is 5.73 Å². The highest BCUT2D eigenvalue weighted by Crippen LogP contribution is 2.23. The van der Waals surface area contributed by atoms with Crippen LogP contribution < -0.4 is 15.9 Å². The van der Waals surface area contributed by atoms with Crippen LogP contribution in [0.5, 0.6) is 5.75 Å². The molecule has 1 aromatic heterocycles. The van der Waals surface area contributed by atoms with Gasteiger partial charge in [-0.25, -0.2) is 10.1 Å². The zero-order valence-corrected chi connectivity index (χ0v) is 16.2. The van der Waals surface area contributed by atoms with Crippen LogP contribution in [0.25, 0.3) is 0 Å². The summed E-state index contributed by atoms with van der Waals surface area (Å²) in [6.45, 7) is 4.22. The van der Waals surface area contributed by atoms with Gasteiger partial charge in [0.1, 0.15) is 5.75 Å². The number of nitrogens with one attached hydrogen (secondary N) is 1. The molecule has 0 aliphatic carbocycles. The maximum absolute atomic E-state index is 11.9. The maximum Gasteiger partial charge on any atom is 0.297 e. The first kappa shape index (κ1) is 20.7. The van der Waals surface area contributed by atoms with E-state index in [1.54, 1.807) is 18.2 Å². The molecule has 0 unspecified atom stereocenters. The van der Waals surface area contributed by atoms with Crippen molar-refractivity contribution in [2.45, 2.75) is 52.1 Å². The van der Waals surface area contributed by atoms with Gasteiger partial charge in [0.25, 0.3) is 5.91 Å². The van der Waals surface area contributed by atoms with Gasteiger partial charge in [-0.15, -0.1) is 0 Å². The summed E-state index contributed by atoms with van der Waals surface area (Å²) in [5.74, 6) is -0.0897. The van der Waals surface area contributed by atoms with Crippen molar-refractivity contribution >= 4 is 29.5 Å². The van der Waals surface area contributed by atoms with E-state index in [2.05, 4.69) is 32.4 Å². The number of hydrogen-bond donors (Lipinski definition) is 2. The van der Waals surface area contributed by atoms with Crippen molar-refractivity contribution < 1.29 is 14.2 Å². The Bertz CT molecular complexity index is 778. The minimum Gasteiger partial charge on any atom is -0.490 e. The number of unbranched alkanes of at least 4 members (excludes halogenated alkanes) is 3. The van der Waals surface area contributed by atoms with E-state index in [1.807, 2.05) is 6.92 Å². The number of rotatable bonds is 10. The Kier molecular flexibility index (Phi) is 8.06. The molecule has 0 aliphatic rings. The first-order valence-corrected chi connectivity index (χ1v) is 9.26. The molecule has 1 heterocycles. The number of halogens is 1. The lowest BCUT2D eigenvalue weighted by Gasteiger charge is -2.16. The fraction of sp³-hybridized carbons (Fsp3) is 0.444. The van der Waals surface area contributed by atoms with E-state index in [1.165, 1.54) is 25.5 Å². The number of benzene rings is 1. The third kappa shape index (κ3) is 6.56. The van der Waals surface area contributed by atoms with E-state index < -0.39 is 5.91 Å². The second-order valence-corrected chi connectivity index (χ2v) is 6.59. The van der Waals surface area contributed by atoms with Crippen LogP contribution in [0.2, 0.25) is 5.02 Å². The molecule has 146 valence electrons. The van der Waals surface area contributed by atoms with Gasteiger partial charge in [-0.2, -0.15) is 5.10 Å². The van der Waals surface area contributed by atoms with E-state index >= 15 is 0 Å². The van der Waals surface area contributed by atoms with Crippen LogP contribution in [0.15, 0.2) is 27.9 Å². The number of hydrazone groups is 1. The molecule has 0 fully saturated rings. The number of anilines is 1. The summed E-state index contributed by atoms with van der Waals surface area (Å²) in [5, 5.41) is 11.2. The van der Waals surface area contributed by atoms with Gasteiger partial charge < -0.3 is 10.5 Å². The van der Waals surface area contributed by atoms with Crippen molar-refractivity contribution in [3.05, 3.63) is 34.5 Å².